The second-order valence-electron chi connectivity index (χ2n) is 14.6. The number of amides is 2. The first-order valence-corrected chi connectivity index (χ1v) is 22.5. The lowest BCUT2D eigenvalue weighted by molar-refractivity contribution is 0.0992. The van der Waals surface area contributed by atoms with Gasteiger partial charge in [-0.05, 0) is 70.0 Å². The normalized spacial score (nSPS) is 16.5. The maximum Gasteiger partial charge on any atom is 0.249 e. The Morgan fingerprint density at radius 2 is 0.929 bits per heavy atom. The summed E-state index contributed by atoms with van der Waals surface area (Å²) >= 11 is 0. The molecular formula is C42H52N6O6S2. The SMILES string of the molecule is CCCS(=O)(=O)N1CCN(Cc2ccc(-c3c(C(N)=O)ccc(-c4ccc(C(N)=O)cc4)c3-c3ccc(CN4CCN(S(=O)(=O)CCC)CC4)cc3)cc2)CC1. The molecule has 4 aromatic rings. The van der Waals surface area contributed by atoms with Crippen LogP contribution in [0.5, 0.6) is 0 Å². The molecule has 56 heavy (non-hydrogen) atoms. The van der Waals surface area contributed by atoms with Crippen LogP contribution in [0.25, 0.3) is 33.4 Å². The van der Waals surface area contributed by atoms with Crippen LogP contribution >= 0.6 is 0 Å². The highest BCUT2D eigenvalue weighted by Gasteiger charge is 2.28. The molecule has 0 aromatic heterocycles. The molecule has 0 saturated carbocycles. The summed E-state index contributed by atoms with van der Waals surface area (Å²) in [5.74, 6) is -0.750. The standard InChI is InChI=1S/C42H52N6O6S2/c1-3-27-55(51,52)47-23-19-45(20-24-47)29-31-5-9-34(10-6-31)39-37(33-13-15-36(16-14-33)41(43)49)17-18-38(42(44)50)40(39)35-11-7-32(8-12-35)30-46-21-25-48(26-22-46)56(53,54)28-4-2/h5-18H,3-4,19-30H2,1-2H3,(H2,43,49)(H2,44,50). The fraction of sp³-hybridized carbons (Fsp3) is 0.381. The van der Waals surface area contributed by atoms with Crippen molar-refractivity contribution in [3.63, 3.8) is 0 Å². The van der Waals surface area contributed by atoms with E-state index in [4.69, 9.17) is 11.5 Å². The van der Waals surface area contributed by atoms with Crippen LogP contribution in [0.3, 0.4) is 0 Å². The van der Waals surface area contributed by atoms with Crippen molar-refractivity contribution < 1.29 is 26.4 Å². The fourth-order valence-electron chi connectivity index (χ4n) is 7.64. The van der Waals surface area contributed by atoms with Crippen LogP contribution in [0.1, 0.15) is 58.5 Å². The maximum atomic E-state index is 13.1. The molecule has 0 spiro atoms. The molecule has 2 aliphatic rings. The quantitative estimate of drug-likeness (QED) is 0.176. The average molecular weight is 801 g/mol. The zero-order chi connectivity index (χ0) is 40.0. The van der Waals surface area contributed by atoms with Crippen LogP contribution in [-0.4, -0.2) is 111 Å². The lowest BCUT2D eigenvalue weighted by Gasteiger charge is -2.34. The number of benzene rings is 4. The van der Waals surface area contributed by atoms with E-state index < -0.39 is 31.9 Å². The predicted octanol–water partition coefficient (Wildman–Crippen LogP) is 4.60. The molecule has 0 bridgehead atoms. The van der Waals surface area contributed by atoms with Crippen molar-refractivity contribution in [2.75, 3.05) is 63.9 Å². The lowest BCUT2D eigenvalue weighted by atomic mass is 9.84. The molecule has 4 aromatic carbocycles. The number of nitrogens with two attached hydrogens (primary N) is 2. The third kappa shape index (κ3) is 9.56. The largest absolute Gasteiger partial charge is 0.366 e. The Balaban J connectivity index is 1.30. The van der Waals surface area contributed by atoms with Gasteiger partial charge < -0.3 is 11.5 Å². The monoisotopic (exact) mass is 800 g/mol. The van der Waals surface area contributed by atoms with Crippen molar-refractivity contribution in [2.24, 2.45) is 11.5 Å². The van der Waals surface area contributed by atoms with E-state index in [1.807, 2.05) is 68.4 Å². The Labute approximate surface area is 331 Å². The highest BCUT2D eigenvalue weighted by Crippen LogP contribution is 2.42. The molecular weight excluding hydrogens is 749 g/mol. The van der Waals surface area contributed by atoms with Crippen LogP contribution in [0.15, 0.2) is 84.9 Å². The second-order valence-corrected chi connectivity index (χ2v) is 18.8. The molecule has 0 atom stereocenters. The molecule has 4 N–H and O–H groups in total. The van der Waals surface area contributed by atoms with E-state index >= 15 is 0 Å². The Morgan fingerprint density at radius 1 is 0.518 bits per heavy atom. The van der Waals surface area contributed by atoms with Gasteiger partial charge in [0.2, 0.25) is 31.9 Å². The van der Waals surface area contributed by atoms with E-state index in [0.29, 0.717) is 95.0 Å². The van der Waals surface area contributed by atoms with Crippen LogP contribution in [0.4, 0.5) is 0 Å². The van der Waals surface area contributed by atoms with E-state index in [9.17, 15) is 26.4 Å². The summed E-state index contributed by atoms with van der Waals surface area (Å²) < 4.78 is 53.5. The Morgan fingerprint density at radius 3 is 1.32 bits per heavy atom. The van der Waals surface area contributed by atoms with E-state index in [0.717, 1.165) is 38.9 Å². The van der Waals surface area contributed by atoms with Gasteiger partial charge in [0, 0.05) is 82.1 Å². The van der Waals surface area contributed by atoms with Gasteiger partial charge in [-0.25, -0.2) is 16.8 Å². The lowest BCUT2D eigenvalue weighted by Crippen LogP contribution is -2.48. The first-order chi connectivity index (χ1) is 26.8. The number of rotatable bonds is 15. The molecule has 6 rings (SSSR count). The number of carbonyl (C=O) groups is 2. The van der Waals surface area contributed by atoms with Gasteiger partial charge in [-0.15, -0.1) is 0 Å². The van der Waals surface area contributed by atoms with Crippen LogP contribution in [0, 0.1) is 0 Å². The number of carbonyl (C=O) groups excluding carboxylic acids is 2. The van der Waals surface area contributed by atoms with Crippen LogP contribution in [-0.2, 0) is 33.1 Å². The van der Waals surface area contributed by atoms with Crippen LogP contribution < -0.4 is 11.5 Å². The molecule has 2 saturated heterocycles. The summed E-state index contributed by atoms with van der Waals surface area (Å²) in [6, 6.07) is 27.0. The molecule has 12 nitrogen and oxygen atoms in total. The molecule has 0 unspecified atom stereocenters. The summed E-state index contributed by atoms with van der Waals surface area (Å²) in [6.45, 7) is 9.55. The minimum Gasteiger partial charge on any atom is -0.366 e. The number of hydrogen-bond donors (Lipinski definition) is 2. The molecule has 0 aliphatic carbocycles. The van der Waals surface area contributed by atoms with Crippen molar-refractivity contribution in [3.05, 3.63) is 107 Å². The summed E-state index contributed by atoms with van der Waals surface area (Å²) in [6.07, 6.45) is 1.19. The zero-order valence-electron chi connectivity index (χ0n) is 32.2. The summed E-state index contributed by atoms with van der Waals surface area (Å²) in [5, 5.41) is 0. The van der Waals surface area contributed by atoms with Gasteiger partial charge >= 0.3 is 0 Å². The van der Waals surface area contributed by atoms with E-state index in [2.05, 4.69) is 21.9 Å². The van der Waals surface area contributed by atoms with Crippen LogP contribution in [0.2, 0.25) is 0 Å². The van der Waals surface area contributed by atoms with Gasteiger partial charge in [0.15, 0.2) is 0 Å². The van der Waals surface area contributed by atoms with Gasteiger partial charge in [-0.2, -0.15) is 8.61 Å². The Bertz CT molecular complexity index is 2230. The van der Waals surface area contributed by atoms with E-state index in [-0.39, 0.29) is 11.5 Å². The number of primary amides is 2. The molecule has 2 amide bonds. The molecule has 2 aliphatic heterocycles. The molecule has 14 heteroatoms. The summed E-state index contributed by atoms with van der Waals surface area (Å²) in [4.78, 5) is 29.5. The van der Waals surface area contributed by atoms with E-state index in [1.54, 1.807) is 26.8 Å². The van der Waals surface area contributed by atoms with Gasteiger partial charge in [0.1, 0.15) is 0 Å². The first kappa shape index (κ1) is 41.2. The van der Waals surface area contributed by atoms with Crippen molar-refractivity contribution in [2.45, 2.75) is 39.8 Å². The maximum absolute atomic E-state index is 13.1. The number of piperazine rings is 2. The molecule has 0 radical (unpaired) electrons. The second kappa shape index (κ2) is 17.8. The highest BCUT2D eigenvalue weighted by molar-refractivity contribution is 7.89. The zero-order valence-corrected chi connectivity index (χ0v) is 33.8. The highest BCUT2D eigenvalue weighted by atomic mass is 32.2. The average Bonchev–Trinajstić information content (AvgIpc) is 3.18. The Kier molecular flexibility index (Phi) is 13.1. The van der Waals surface area contributed by atoms with Crippen molar-refractivity contribution in [1.29, 1.82) is 0 Å². The van der Waals surface area contributed by atoms with Gasteiger partial charge in [-0.3, -0.25) is 19.4 Å². The third-order valence-corrected chi connectivity index (χ3v) is 14.8. The van der Waals surface area contributed by atoms with Crippen molar-refractivity contribution in [1.82, 2.24) is 18.4 Å². The minimum absolute atomic E-state index is 0.167. The summed E-state index contributed by atoms with van der Waals surface area (Å²) in [5.41, 5.74) is 19.3. The van der Waals surface area contributed by atoms with E-state index in [1.165, 1.54) is 0 Å². The van der Waals surface area contributed by atoms with Gasteiger partial charge in [0.25, 0.3) is 0 Å². The van der Waals surface area contributed by atoms with Crippen molar-refractivity contribution >= 4 is 31.9 Å². The van der Waals surface area contributed by atoms with Gasteiger partial charge in [0.05, 0.1) is 11.5 Å². The number of nitrogens with zero attached hydrogens (tertiary/aromatic N) is 4. The molecule has 2 fully saturated rings. The Hall–Kier alpha value is -4.44. The number of sulfonamides is 2. The minimum atomic E-state index is -3.23. The summed E-state index contributed by atoms with van der Waals surface area (Å²) in [7, 11) is -6.45. The smallest absolute Gasteiger partial charge is 0.249 e. The molecule has 2 heterocycles. The molecule has 298 valence electrons. The first-order valence-electron chi connectivity index (χ1n) is 19.3. The van der Waals surface area contributed by atoms with Crippen molar-refractivity contribution in [3.8, 4) is 33.4 Å². The van der Waals surface area contributed by atoms with Gasteiger partial charge in [-0.1, -0.05) is 80.6 Å². The number of hydrogen-bond acceptors (Lipinski definition) is 8. The third-order valence-electron chi connectivity index (χ3n) is 10.6. The predicted molar refractivity (Wildman–Crippen MR) is 222 cm³/mol. The fourth-order valence-corrected chi connectivity index (χ4v) is 10.6. The topological polar surface area (TPSA) is 167 Å².